The van der Waals surface area contributed by atoms with Crippen molar-refractivity contribution in [2.24, 2.45) is 22.7 Å². The Morgan fingerprint density at radius 2 is 1.84 bits per heavy atom. The molecule has 0 saturated carbocycles. The fourth-order valence-corrected chi connectivity index (χ4v) is 6.09. The summed E-state index contributed by atoms with van der Waals surface area (Å²) in [6.07, 6.45) is 7.49. The maximum absolute atomic E-state index is 12.6. The molecule has 0 radical (unpaired) electrons. The van der Waals surface area contributed by atoms with Gasteiger partial charge in [0.1, 0.15) is 6.10 Å². The molecule has 2 fully saturated rings. The highest BCUT2D eigenvalue weighted by molar-refractivity contribution is 6.80. The van der Waals surface area contributed by atoms with E-state index in [-0.39, 0.29) is 41.0 Å². The van der Waals surface area contributed by atoms with E-state index in [9.17, 15) is 4.79 Å². The van der Waals surface area contributed by atoms with Crippen molar-refractivity contribution in [2.75, 3.05) is 13.2 Å². The molecular formula is C26H46O4Si. The van der Waals surface area contributed by atoms with Crippen molar-refractivity contribution in [3.8, 4) is 0 Å². The molecule has 3 atom stereocenters. The summed E-state index contributed by atoms with van der Waals surface area (Å²) in [7, 11) is -1.20. The number of hydrogen-bond acceptors (Lipinski definition) is 4. The molecule has 2 rings (SSSR count). The molecule has 31 heavy (non-hydrogen) atoms. The Hall–Kier alpha value is -0.913. The number of carbonyl (C=O) groups is 1. The minimum absolute atomic E-state index is 0.0354. The topological polar surface area (TPSA) is 44.8 Å². The highest BCUT2D eigenvalue weighted by atomic mass is 28.3. The molecule has 0 aliphatic carbocycles. The lowest BCUT2D eigenvalue weighted by molar-refractivity contribution is -0.220. The van der Waals surface area contributed by atoms with E-state index in [2.05, 4.69) is 79.0 Å². The van der Waals surface area contributed by atoms with E-state index in [1.165, 1.54) is 5.57 Å². The molecule has 5 heteroatoms. The fraction of sp³-hybridized carbons (Fsp3) is 0.808. The van der Waals surface area contributed by atoms with Crippen molar-refractivity contribution in [3.05, 3.63) is 23.4 Å². The van der Waals surface area contributed by atoms with Gasteiger partial charge in [0, 0.05) is 11.8 Å². The average molecular weight is 451 g/mol. The Kier molecular flexibility index (Phi) is 8.79. The lowest BCUT2D eigenvalue weighted by Gasteiger charge is -2.50. The summed E-state index contributed by atoms with van der Waals surface area (Å²) in [6.45, 7) is 21.9. The molecule has 178 valence electrons. The van der Waals surface area contributed by atoms with E-state index in [0.29, 0.717) is 6.42 Å². The Morgan fingerprint density at radius 1 is 1.23 bits per heavy atom. The van der Waals surface area contributed by atoms with Gasteiger partial charge in [0.25, 0.3) is 0 Å². The predicted octanol–water partition coefficient (Wildman–Crippen LogP) is 6.53. The number of esters is 1. The number of carbonyl (C=O) groups excluding carboxylic acids is 1. The third-order valence-electron chi connectivity index (χ3n) is 6.61. The summed E-state index contributed by atoms with van der Waals surface area (Å²) < 4.78 is 17.8. The Morgan fingerprint density at radius 3 is 2.39 bits per heavy atom. The Balaban J connectivity index is 2.32. The van der Waals surface area contributed by atoms with Gasteiger partial charge in [-0.15, -0.1) is 0 Å². The zero-order chi connectivity index (χ0) is 23.4. The molecule has 0 aromatic rings. The van der Waals surface area contributed by atoms with Gasteiger partial charge in [0.2, 0.25) is 0 Å². The van der Waals surface area contributed by atoms with Gasteiger partial charge in [0.15, 0.2) is 6.29 Å². The van der Waals surface area contributed by atoms with Gasteiger partial charge in [-0.1, -0.05) is 77.7 Å². The van der Waals surface area contributed by atoms with Gasteiger partial charge in [-0.3, -0.25) is 4.79 Å². The average Bonchev–Trinajstić information content (AvgIpc) is 2.62. The van der Waals surface area contributed by atoms with E-state index in [4.69, 9.17) is 14.2 Å². The van der Waals surface area contributed by atoms with Crippen molar-refractivity contribution >= 4 is 14.0 Å². The first-order chi connectivity index (χ1) is 14.2. The van der Waals surface area contributed by atoms with Crippen molar-refractivity contribution in [3.63, 3.8) is 0 Å². The molecule has 2 aliphatic heterocycles. The Bertz CT molecular complexity index is 667. The van der Waals surface area contributed by atoms with Crippen LogP contribution >= 0.6 is 0 Å². The fourth-order valence-electron chi connectivity index (χ4n) is 5.27. The van der Waals surface area contributed by atoms with Crippen LogP contribution in [0.15, 0.2) is 23.4 Å². The highest BCUT2D eigenvalue weighted by Crippen LogP contribution is 2.50. The quantitative estimate of drug-likeness (QED) is 0.239. The molecule has 2 saturated heterocycles. The summed E-state index contributed by atoms with van der Waals surface area (Å²) in [5, 5.41) is 0. The number of cyclic esters (lactones) is 1. The summed E-state index contributed by atoms with van der Waals surface area (Å²) in [6, 6.07) is 0. The summed E-state index contributed by atoms with van der Waals surface area (Å²) >= 11 is 0. The first-order valence-electron chi connectivity index (χ1n) is 12.0. The first kappa shape index (κ1) is 26.3. The lowest BCUT2D eigenvalue weighted by atomic mass is 9.62. The number of ether oxygens (including phenoxy) is 3. The molecule has 0 spiro atoms. The van der Waals surface area contributed by atoms with Crippen LogP contribution in [0.3, 0.4) is 0 Å². The first-order valence-corrected chi connectivity index (χ1v) is 15.6. The lowest BCUT2D eigenvalue weighted by Crippen LogP contribution is -2.52. The summed E-state index contributed by atoms with van der Waals surface area (Å²) in [5.41, 5.74) is 3.52. The van der Waals surface area contributed by atoms with Crippen LogP contribution < -0.4 is 0 Å². The number of rotatable bonds is 8. The molecule has 0 aromatic carbocycles. The molecule has 2 heterocycles. The second-order valence-electron chi connectivity index (χ2n) is 12.0. The summed E-state index contributed by atoms with van der Waals surface area (Å²) in [5.74, 6) is 0.271. The van der Waals surface area contributed by atoms with Gasteiger partial charge < -0.3 is 14.2 Å². The SMILES string of the molecule is C/C(=C\C(C)(C)C/C=C/[Si](C)(C)C)[C@H]1CC(=O)O[C@H](C(C)C)[C@]1(C)CC1OCCCO1. The van der Waals surface area contributed by atoms with Crippen LogP contribution in [-0.4, -0.2) is 39.7 Å². The van der Waals surface area contributed by atoms with E-state index in [1.54, 1.807) is 0 Å². The molecule has 0 amide bonds. The molecule has 0 N–H and O–H groups in total. The molecular weight excluding hydrogens is 404 g/mol. The number of allylic oxidation sites excluding steroid dienone is 3. The molecule has 0 bridgehead atoms. The van der Waals surface area contributed by atoms with Crippen LogP contribution in [0.5, 0.6) is 0 Å². The van der Waals surface area contributed by atoms with E-state index < -0.39 is 8.07 Å². The van der Waals surface area contributed by atoms with Crippen LogP contribution in [0.4, 0.5) is 0 Å². The molecule has 0 unspecified atom stereocenters. The zero-order valence-electron chi connectivity index (χ0n) is 21.4. The van der Waals surface area contributed by atoms with E-state index in [0.717, 1.165) is 32.5 Å². The standard InChI is InChI=1S/C26H46O4Si/c1-19(2)24-26(6,18-23-28-13-11-14-29-23)21(16-22(27)30-24)20(3)17-25(4,5)12-10-15-31(7,8)9/h10,15,17,19,21,23-24H,11-14,16,18H2,1-9H3/b15-10+,20-17+/t21-,24-,26-/m1/s1. The summed E-state index contributed by atoms with van der Waals surface area (Å²) in [4.78, 5) is 12.6. The number of hydrogen-bond donors (Lipinski definition) is 0. The van der Waals surface area contributed by atoms with Crippen molar-refractivity contribution in [1.29, 1.82) is 0 Å². The van der Waals surface area contributed by atoms with Gasteiger partial charge in [-0.05, 0) is 37.0 Å². The minimum atomic E-state index is -1.20. The minimum Gasteiger partial charge on any atom is -0.461 e. The largest absolute Gasteiger partial charge is 0.461 e. The van der Waals surface area contributed by atoms with Crippen LogP contribution in [-0.2, 0) is 19.0 Å². The maximum atomic E-state index is 12.6. The van der Waals surface area contributed by atoms with Gasteiger partial charge >= 0.3 is 5.97 Å². The van der Waals surface area contributed by atoms with Crippen LogP contribution in [0.25, 0.3) is 0 Å². The van der Waals surface area contributed by atoms with E-state index in [1.807, 2.05) is 0 Å². The molecule has 4 nitrogen and oxygen atoms in total. The van der Waals surface area contributed by atoms with Crippen LogP contribution in [0.1, 0.15) is 67.2 Å². The van der Waals surface area contributed by atoms with Gasteiger partial charge in [-0.2, -0.15) is 0 Å². The zero-order valence-corrected chi connectivity index (χ0v) is 22.4. The second-order valence-corrected chi connectivity index (χ2v) is 17.1. The van der Waals surface area contributed by atoms with Crippen molar-refractivity contribution < 1.29 is 19.0 Å². The third kappa shape index (κ3) is 7.57. The van der Waals surface area contributed by atoms with Crippen molar-refractivity contribution in [1.82, 2.24) is 0 Å². The maximum Gasteiger partial charge on any atom is 0.306 e. The van der Waals surface area contributed by atoms with Crippen LogP contribution in [0, 0.1) is 22.7 Å². The van der Waals surface area contributed by atoms with Crippen molar-refractivity contribution in [2.45, 2.75) is 99.3 Å². The second kappa shape index (κ2) is 10.3. The predicted molar refractivity (Wildman–Crippen MR) is 130 cm³/mol. The monoisotopic (exact) mass is 450 g/mol. The van der Waals surface area contributed by atoms with Gasteiger partial charge in [0.05, 0.1) is 27.7 Å². The molecule has 2 aliphatic rings. The molecule has 0 aromatic heterocycles. The smallest absolute Gasteiger partial charge is 0.306 e. The Labute approximate surface area is 191 Å². The normalized spacial score (nSPS) is 29.6. The van der Waals surface area contributed by atoms with Gasteiger partial charge in [-0.25, -0.2) is 0 Å². The van der Waals surface area contributed by atoms with E-state index >= 15 is 0 Å². The third-order valence-corrected chi connectivity index (χ3v) is 7.85. The van der Waals surface area contributed by atoms with Crippen LogP contribution in [0.2, 0.25) is 19.6 Å². The highest BCUT2D eigenvalue weighted by Gasteiger charge is 2.51.